The van der Waals surface area contributed by atoms with Crippen LogP contribution in [0, 0.1) is 17.8 Å². The molecule has 79 valence electrons. The molecule has 1 heteroatoms. The van der Waals surface area contributed by atoms with Gasteiger partial charge in [-0.1, -0.05) is 48.5 Å². The molecule has 0 aliphatic carbocycles. The Morgan fingerprint density at radius 1 is 1.08 bits per heavy atom. The number of ether oxygens (including phenoxy) is 1. The predicted octanol–water partition coefficient (Wildman–Crippen LogP) is 3.69. The summed E-state index contributed by atoms with van der Waals surface area (Å²) in [5.74, 6) is 0. The van der Waals surface area contributed by atoms with Crippen molar-refractivity contribution >= 4 is 0 Å². The molecule has 0 saturated carbocycles. The Morgan fingerprint density at radius 3 is 1.77 bits per heavy atom. The highest BCUT2D eigenvalue weighted by Crippen LogP contribution is 2.26. The Bertz CT molecular complexity index is 136. The minimum absolute atomic E-state index is 0.201. The number of hydrogen-bond donors (Lipinski definition) is 0. The molecular formula is C12H25O. The highest BCUT2D eigenvalue weighted by atomic mass is 16.5. The molecule has 0 aromatic heterocycles. The van der Waals surface area contributed by atoms with E-state index in [4.69, 9.17) is 4.74 Å². The molecular weight excluding hydrogens is 160 g/mol. The predicted molar refractivity (Wildman–Crippen MR) is 58.6 cm³/mol. The molecule has 1 unspecified atom stereocenters. The zero-order chi connectivity index (χ0) is 10.7. The lowest BCUT2D eigenvalue weighted by Crippen LogP contribution is -2.31. The van der Waals surface area contributed by atoms with Gasteiger partial charge >= 0.3 is 0 Å². The van der Waals surface area contributed by atoms with Crippen LogP contribution in [-0.4, -0.2) is 12.7 Å². The molecule has 0 aliphatic heterocycles. The fourth-order valence-corrected chi connectivity index (χ4v) is 1.12. The molecule has 0 amide bonds. The summed E-state index contributed by atoms with van der Waals surface area (Å²) in [6.45, 7) is 17.9. The Labute approximate surface area is 83.9 Å². The Balaban J connectivity index is 4.02. The summed E-state index contributed by atoms with van der Waals surface area (Å²) in [7, 11) is 0. The van der Waals surface area contributed by atoms with Crippen molar-refractivity contribution in [1.29, 1.82) is 0 Å². The smallest absolute Gasteiger partial charge is 0.0623 e. The first kappa shape index (κ1) is 13.0. The van der Waals surface area contributed by atoms with Gasteiger partial charge in [0.25, 0.3) is 0 Å². The Hall–Kier alpha value is -0.0400. The van der Waals surface area contributed by atoms with Crippen molar-refractivity contribution in [3.63, 3.8) is 0 Å². The Morgan fingerprint density at radius 2 is 1.54 bits per heavy atom. The zero-order valence-electron chi connectivity index (χ0n) is 10.1. The molecule has 0 saturated heterocycles. The van der Waals surface area contributed by atoms with E-state index in [0.717, 1.165) is 13.0 Å². The lowest BCUT2D eigenvalue weighted by Gasteiger charge is -2.32. The second-order valence-corrected chi connectivity index (χ2v) is 6.02. The summed E-state index contributed by atoms with van der Waals surface area (Å²) in [5.41, 5.74) is 0.450. The maximum Gasteiger partial charge on any atom is 0.0623 e. The van der Waals surface area contributed by atoms with Gasteiger partial charge in [-0.3, -0.25) is 0 Å². The average Bonchev–Trinajstić information content (AvgIpc) is 1.82. The van der Waals surface area contributed by atoms with E-state index in [2.05, 4.69) is 48.5 Å². The van der Waals surface area contributed by atoms with E-state index in [-0.39, 0.29) is 16.9 Å². The van der Waals surface area contributed by atoms with Crippen molar-refractivity contribution in [2.75, 3.05) is 6.61 Å². The summed E-state index contributed by atoms with van der Waals surface area (Å²) in [6, 6.07) is 0. The lowest BCUT2D eigenvalue weighted by atomic mass is 9.87. The van der Waals surface area contributed by atoms with E-state index in [1.54, 1.807) is 0 Å². The molecule has 0 spiro atoms. The van der Waals surface area contributed by atoms with E-state index in [1.807, 2.05) is 0 Å². The molecule has 1 nitrogen and oxygen atoms in total. The first-order chi connectivity index (χ1) is 5.67. The minimum atomic E-state index is 0.201. The topological polar surface area (TPSA) is 9.23 Å². The second kappa shape index (κ2) is 4.45. The summed E-state index contributed by atoms with van der Waals surface area (Å²) >= 11 is 0. The van der Waals surface area contributed by atoms with Crippen LogP contribution in [0.15, 0.2) is 0 Å². The molecule has 1 atom stereocenters. The molecule has 0 aromatic rings. The standard InChI is InChI=1S/C12H25O/c1-8-10(12(5,6)7)13-9-11(2,3)4/h10H,1,8-9H2,2-7H3. The van der Waals surface area contributed by atoms with Crippen LogP contribution in [-0.2, 0) is 4.74 Å². The van der Waals surface area contributed by atoms with Crippen LogP contribution in [0.4, 0.5) is 0 Å². The second-order valence-electron chi connectivity index (χ2n) is 6.02. The van der Waals surface area contributed by atoms with E-state index < -0.39 is 0 Å². The van der Waals surface area contributed by atoms with Gasteiger partial charge in [0.15, 0.2) is 0 Å². The fourth-order valence-electron chi connectivity index (χ4n) is 1.12. The van der Waals surface area contributed by atoms with Gasteiger partial charge in [-0.15, -0.1) is 0 Å². The van der Waals surface area contributed by atoms with Crippen molar-refractivity contribution < 1.29 is 4.74 Å². The molecule has 1 radical (unpaired) electrons. The molecule has 0 fully saturated rings. The Kier molecular flexibility index (Phi) is 4.44. The summed E-state index contributed by atoms with van der Waals surface area (Å²) in [6.07, 6.45) is 1.12. The normalized spacial score (nSPS) is 15.9. The van der Waals surface area contributed by atoms with Gasteiger partial charge < -0.3 is 4.74 Å². The van der Waals surface area contributed by atoms with Gasteiger partial charge in [-0.05, 0) is 17.3 Å². The van der Waals surface area contributed by atoms with Crippen molar-refractivity contribution in [2.45, 2.75) is 54.1 Å². The van der Waals surface area contributed by atoms with Crippen LogP contribution >= 0.6 is 0 Å². The number of rotatable bonds is 3. The van der Waals surface area contributed by atoms with E-state index >= 15 is 0 Å². The average molecular weight is 185 g/mol. The third kappa shape index (κ3) is 6.09. The third-order valence-electron chi connectivity index (χ3n) is 1.95. The summed E-state index contributed by atoms with van der Waals surface area (Å²) in [4.78, 5) is 0. The molecule has 0 bridgehead atoms. The first-order valence-electron chi connectivity index (χ1n) is 5.07. The molecule has 0 aliphatic rings. The molecule has 0 aromatic carbocycles. The first-order valence-corrected chi connectivity index (χ1v) is 5.07. The van der Waals surface area contributed by atoms with Gasteiger partial charge in [0.05, 0.1) is 12.7 Å². The molecule has 0 rings (SSSR count). The van der Waals surface area contributed by atoms with Crippen LogP contribution in [0.1, 0.15) is 48.0 Å². The minimum Gasteiger partial charge on any atom is -0.377 e. The molecule has 13 heavy (non-hydrogen) atoms. The SMILES string of the molecule is [CH2]CC(OCC(C)(C)C)C(C)(C)C. The van der Waals surface area contributed by atoms with Crippen molar-refractivity contribution in [1.82, 2.24) is 0 Å². The monoisotopic (exact) mass is 185 g/mol. The van der Waals surface area contributed by atoms with E-state index in [0.29, 0.717) is 0 Å². The largest absolute Gasteiger partial charge is 0.377 e. The maximum atomic E-state index is 5.86. The van der Waals surface area contributed by atoms with Crippen LogP contribution in [0.3, 0.4) is 0 Å². The van der Waals surface area contributed by atoms with Crippen molar-refractivity contribution in [2.24, 2.45) is 10.8 Å². The molecule has 0 N–H and O–H groups in total. The highest BCUT2D eigenvalue weighted by Gasteiger charge is 2.25. The highest BCUT2D eigenvalue weighted by molar-refractivity contribution is 4.76. The molecule has 0 heterocycles. The van der Waals surface area contributed by atoms with Crippen LogP contribution in [0.25, 0.3) is 0 Å². The van der Waals surface area contributed by atoms with Gasteiger partial charge in [0, 0.05) is 0 Å². The van der Waals surface area contributed by atoms with Crippen LogP contribution in [0.5, 0.6) is 0 Å². The summed E-state index contributed by atoms with van der Waals surface area (Å²) in [5, 5.41) is 0. The van der Waals surface area contributed by atoms with Crippen LogP contribution in [0.2, 0.25) is 0 Å². The zero-order valence-corrected chi connectivity index (χ0v) is 10.1. The van der Waals surface area contributed by atoms with Crippen molar-refractivity contribution in [3.8, 4) is 0 Å². The number of hydrogen-bond acceptors (Lipinski definition) is 1. The fraction of sp³-hybridized carbons (Fsp3) is 0.917. The van der Waals surface area contributed by atoms with E-state index in [9.17, 15) is 0 Å². The van der Waals surface area contributed by atoms with Gasteiger partial charge in [-0.25, -0.2) is 0 Å². The third-order valence-corrected chi connectivity index (χ3v) is 1.95. The van der Waals surface area contributed by atoms with Crippen molar-refractivity contribution in [3.05, 3.63) is 6.92 Å². The quantitative estimate of drug-likeness (QED) is 0.651. The van der Waals surface area contributed by atoms with E-state index in [1.165, 1.54) is 0 Å². The van der Waals surface area contributed by atoms with Crippen LogP contribution < -0.4 is 0 Å². The van der Waals surface area contributed by atoms with Gasteiger partial charge in [0.2, 0.25) is 0 Å². The summed E-state index contributed by atoms with van der Waals surface area (Å²) < 4.78 is 5.86. The maximum absolute atomic E-state index is 5.86. The van der Waals surface area contributed by atoms with Gasteiger partial charge in [0.1, 0.15) is 0 Å². The lowest BCUT2D eigenvalue weighted by molar-refractivity contribution is -0.0454. The van der Waals surface area contributed by atoms with Gasteiger partial charge in [-0.2, -0.15) is 0 Å².